The lowest BCUT2D eigenvalue weighted by molar-refractivity contribution is -0.119. The van der Waals surface area contributed by atoms with Gasteiger partial charge in [0.15, 0.2) is 6.61 Å². The van der Waals surface area contributed by atoms with Crippen molar-refractivity contribution in [1.82, 2.24) is 0 Å². The number of thiophene rings is 1. The van der Waals surface area contributed by atoms with Crippen molar-refractivity contribution >= 4 is 50.6 Å². The summed E-state index contributed by atoms with van der Waals surface area (Å²) in [4.78, 5) is 24.1. The Morgan fingerprint density at radius 3 is 2.75 bits per heavy atom. The van der Waals surface area contributed by atoms with Crippen molar-refractivity contribution in [3.8, 4) is 0 Å². The molecule has 1 amide bonds. The maximum Gasteiger partial charge on any atom is 0.348 e. The van der Waals surface area contributed by atoms with Gasteiger partial charge in [-0.05, 0) is 41.8 Å². The molecule has 3 aromatic rings. The van der Waals surface area contributed by atoms with Crippen molar-refractivity contribution in [3.63, 3.8) is 0 Å². The number of fused-ring (bicyclic) bond motifs is 1. The number of esters is 1. The van der Waals surface area contributed by atoms with Gasteiger partial charge in [0.05, 0.1) is 10.7 Å². The average Bonchev–Trinajstić information content (AvgIpc) is 2.98. The zero-order valence-electron chi connectivity index (χ0n) is 12.2. The van der Waals surface area contributed by atoms with Gasteiger partial charge in [-0.15, -0.1) is 11.3 Å². The van der Waals surface area contributed by atoms with E-state index >= 15 is 0 Å². The van der Waals surface area contributed by atoms with Crippen molar-refractivity contribution < 1.29 is 18.7 Å². The van der Waals surface area contributed by atoms with E-state index in [4.69, 9.17) is 16.3 Å². The lowest BCUT2D eigenvalue weighted by Crippen LogP contribution is -2.20. The van der Waals surface area contributed by atoms with E-state index in [2.05, 4.69) is 5.32 Å². The highest BCUT2D eigenvalue weighted by Crippen LogP contribution is 2.27. The SMILES string of the molecule is O=C(COC(=O)c1cc2cc(F)ccc2s1)Nc1ccccc1Cl. The summed E-state index contributed by atoms with van der Waals surface area (Å²) in [5.74, 6) is -1.51. The van der Waals surface area contributed by atoms with Gasteiger partial charge in [0, 0.05) is 4.70 Å². The van der Waals surface area contributed by atoms with Crippen molar-refractivity contribution in [1.29, 1.82) is 0 Å². The highest BCUT2D eigenvalue weighted by Gasteiger charge is 2.14. The molecule has 0 aliphatic heterocycles. The van der Waals surface area contributed by atoms with E-state index in [1.807, 2.05) is 0 Å². The van der Waals surface area contributed by atoms with Crippen molar-refractivity contribution in [2.75, 3.05) is 11.9 Å². The van der Waals surface area contributed by atoms with E-state index < -0.39 is 18.5 Å². The molecule has 122 valence electrons. The minimum absolute atomic E-state index is 0.307. The monoisotopic (exact) mass is 363 g/mol. The van der Waals surface area contributed by atoms with Crippen LogP contribution >= 0.6 is 22.9 Å². The quantitative estimate of drug-likeness (QED) is 0.695. The topological polar surface area (TPSA) is 55.4 Å². The van der Waals surface area contributed by atoms with E-state index in [-0.39, 0.29) is 5.82 Å². The molecule has 2 aromatic carbocycles. The molecule has 0 bridgehead atoms. The maximum absolute atomic E-state index is 13.2. The number of nitrogens with one attached hydrogen (secondary N) is 1. The molecule has 0 radical (unpaired) electrons. The molecule has 7 heteroatoms. The van der Waals surface area contributed by atoms with Gasteiger partial charge in [-0.2, -0.15) is 0 Å². The Labute approximate surface area is 145 Å². The highest BCUT2D eigenvalue weighted by molar-refractivity contribution is 7.20. The lowest BCUT2D eigenvalue weighted by Gasteiger charge is -2.07. The van der Waals surface area contributed by atoms with Crippen molar-refractivity contribution in [3.05, 3.63) is 64.2 Å². The van der Waals surface area contributed by atoms with Crippen LogP contribution in [-0.2, 0) is 9.53 Å². The van der Waals surface area contributed by atoms with Gasteiger partial charge >= 0.3 is 5.97 Å². The molecule has 1 N–H and O–H groups in total. The Kier molecular flexibility index (Phi) is 4.78. The first-order valence-corrected chi connectivity index (χ1v) is 8.13. The van der Waals surface area contributed by atoms with Crippen LogP contribution in [0.4, 0.5) is 10.1 Å². The molecule has 0 aliphatic rings. The molecule has 24 heavy (non-hydrogen) atoms. The predicted molar refractivity (Wildman–Crippen MR) is 92.1 cm³/mol. The summed E-state index contributed by atoms with van der Waals surface area (Å²) in [6.45, 7) is -0.438. The van der Waals surface area contributed by atoms with Crippen molar-refractivity contribution in [2.45, 2.75) is 0 Å². The van der Waals surface area contributed by atoms with Crippen LogP contribution in [0.1, 0.15) is 9.67 Å². The summed E-state index contributed by atoms with van der Waals surface area (Å²) < 4.78 is 18.9. The van der Waals surface area contributed by atoms with Crippen LogP contribution in [0.15, 0.2) is 48.5 Å². The Morgan fingerprint density at radius 1 is 1.17 bits per heavy atom. The number of hydrogen-bond donors (Lipinski definition) is 1. The van der Waals surface area contributed by atoms with Gasteiger partial charge in [-0.3, -0.25) is 4.79 Å². The molecule has 0 spiro atoms. The molecular weight excluding hydrogens is 353 g/mol. The zero-order chi connectivity index (χ0) is 17.1. The largest absolute Gasteiger partial charge is 0.451 e. The Morgan fingerprint density at radius 2 is 1.96 bits per heavy atom. The fourth-order valence-electron chi connectivity index (χ4n) is 2.07. The van der Waals surface area contributed by atoms with Gasteiger partial charge in [-0.25, -0.2) is 9.18 Å². The minimum atomic E-state index is -0.633. The summed E-state index contributed by atoms with van der Waals surface area (Å²) >= 11 is 7.11. The normalized spacial score (nSPS) is 10.6. The number of benzene rings is 2. The van der Waals surface area contributed by atoms with Gasteiger partial charge in [-0.1, -0.05) is 23.7 Å². The molecule has 0 saturated heterocycles. The van der Waals surface area contributed by atoms with Crippen LogP contribution in [0, 0.1) is 5.82 Å². The molecule has 1 aromatic heterocycles. The smallest absolute Gasteiger partial charge is 0.348 e. The number of rotatable bonds is 4. The van der Waals surface area contributed by atoms with Gasteiger partial charge in [0.2, 0.25) is 0 Å². The maximum atomic E-state index is 13.2. The second-order valence-corrected chi connectivity index (χ2v) is 6.39. The molecule has 4 nitrogen and oxygen atoms in total. The van der Waals surface area contributed by atoms with Gasteiger partial charge in [0.25, 0.3) is 5.91 Å². The number of ether oxygens (including phenoxy) is 1. The molecular formula is C17H11ClFNO3S. The van der Waals surface area contributed by atoms with E-state index in [0.717, 1.165) is 4.70 Å². The molecule has 0 atom stereocenters. The van der Waals surface area contributed by atoms with Gasteiger partial charge in [0.1, 0.15) is 10.7 Å². The average molecular weight is 364 g/mol. The van der Waals surface area contributed by atoms with Gasteiger partial charge < -0.3 is 10.1 Å². The Bertz CT molecular complexity index is 925. The van der Waals surface area contributed by atoms with E-state index in [9.17, 15) is 14.0 Å². The Balaban J connectivity index is 1.62. The van der Waals surface area contributed by atoms with Crippen LogP contribution in [0.5, 0.6) is 0 Å². The third kappa shape index (κ3) is 3.72. The summed E-state index contributed by atoms with van der Waals surface area (Å²) in [6, 6.07) is 12.5. The number of carbonyl (C=O) groups is 2. The molecule has 0 saturated carbocycles. The third-order valence-electron chi connectivity index (χ3n) is 3.16. The number of hydrogen-bond acceptors (Lipinski definition) is 4. The number of anilines is 1. The fourth-order valence-corrected chi connectivity index (χ4v) is 3.19. The van der Waals surface area contributed by atoms with Crippen molar-refractivity contribution in [2.24, 2.45) is 0 Å². The molecule has 3 rings (SSSR count). The third-order valence-corrected chi connectivity index (χ3v) is 4.59. The molecule has 1 heterocycles. The van der Waals surface area contributed by atoms with Crippen LogP contribution in [0.2, 0.25) is 5.02 Å². The number of halogens is 2. The second kappa shape index (κ2) is 6.98. The van der Waals surface area contributed by atoms with Crippen LogP contribution < -0.4 is 5.32 Å². The number of para-hydroxylation sites is 1. The summed E-state index contributed by atoms with van der Waals surface area (Å²) in [5, 5.41) is 3.57. The summed E-state index contributed by atoms with van der Waals surface area (Å²) in [7, 11) is 0. The summed E-state index contributed by atoms with van der Waals surface area (Å²) in [5.41, 5.74) is 0.442. The summed E-state index contributed by atoms with van der Waals surface area (Å²) in [6.07, 6.45) is 0. The van der Waals surface area contributed by atoms with Crippen LogP contribution in [0.3, 0.4) is 0 Å². The molecule has 0 aliphatic carbocycles. The first kappa shape index (κ1) is 16.4. The highest BCUT2D eigenvalue weighted by atomic mass is 35.5. The van der Waals surface area contributed by atoms with Crippen LogP contribution in [-0.4, -0.2) is 18.5 Å². The molecule has 0 fully saturated rings. The zero-order valence-corrected chi connectivity index (χ0v) is 13.8. The standard InChI is InChI=1S/C17H11ClFNO3S/c18-12-3-1-2-4-13(12)20-16(21)9-23-17(22)15-8-10-7-11(19)5-6-14(10)24-15/h1-8H,9H2,(H,20,21). The van der Waals surface area contributed by atoms with E-state index in [1.54, 1.807) is 30.3 Å². The Hall–Kier alpha value is -2.44. The number of carbonyl (C=O) groups excluding carboxylic acids is 2. The first-order valence-electron chi connectivity index (χ1n) is 6.93. The lowest BCUT2D eigenvalue weighted by atomic mass is 10.2. The second-order valence-electron chi connectivity index (χ2n) is 4.90. The first-order chi connectivity index (χ1) is 11.5. The number of amides is 1. The van der Waals surface area contributed by atoms with E-state index in [0.29, 0.717) is 21.0 Å². The minimum Gasteiger partial charge on any atom is -0.451 e. The molecule has 0 unspecified atom stereocenters. The van der Waals surface area contributed by atoms with E-state index in [1.165, 1.54) is 29.5 Å². The fraction of sp³-hybridized carbons (Fsp3) is 0.0588. The predicted octanol–water partition coefficient (Wildman–Crippen LogP) is 4.49. The van der Waals surface area contributed by atoms with Crippen LogP contribution in [0.25, 0.3) is 10.1 Å².